The number of hydrogen-bond donors (Lipinski definition) is 0. The SMILES string of the molecule is CCn1cc(C(=O)Cc2ccccc2Br)cn1. The molecule has 0 radical (unpaired) electrons. The molecule has 1 aromatic carbocycles. The van der Waals surface area contributed by atoms with Crippen LogP contribution in [0.1, 0.15) is 22.8 Å². The summed E-state index contributed by atoms with van der Waals surface area (Å²) in [6.45, 7) is 2.78. The van der Waals surface area contributed by atoms with Crippen LogP contribution in [0.3, 0.4) is 0 Å². The highest BCUT2D eigenvalue weighted by Crippen LogP contribution is 2.17. The monoisotopic (exact) mass is 292 g/mol. The average Bonchev–Trinajstić information content (AvgIpc) is 2.81. The third kappa shape index (κ3) is 2.82. The highest BCUT2D eigenvalue weighted by atomic mass is 79.9. The Balaban J connectivity index is 2.14. The Bertz CT molecular complexity index is 534. The van der Waals surface area contributed by atoms with Gasteiger partial charge in [-0.05, 0) is 18.6 Å². The maximum Gasteiger partial charge on any atom is 0.170 e. The Hall–Kier alpha value is -1.42. The van der Waals surface area contributed by atoms with Crippen molar-refractivity contribution in [3.05, 3.63) is 52.3 Å². The second kappa shape index (κ2) is 5.27. The fourth-order valence-corrected chi connectivity index (χ4v) is 2.02. The second-order valence-corrected chi connectivity index (χ2v) is 4.63. The molecule has 1 aromatic heterocycles. The third-order valence-corrected chi connectivity index (χ3v) is 3.36. The molecule has 0 amide bonds. The number of benzene rings is 1. The number of carbonyl (C=O) groups is 1. The lowest BCUT2D eigenvalue weighted by Gasteiger charge is -2.01. The Morgan fingerprint density at radius 2 is 2.18 bits per heavy atom. The maximum atomic E-state index is 12.0. The summed E-state index contributed by atoms with van der Waals surface area (Å²) in [5.74, 6) is 0.0941. The first-order valence-corrected chi connectivity index (χ1v) is 6.29. The van der Waals surface area contributed by atoms with Crippen molar-refractivity contribution in [2.24, 2.45) is 0 Å². The van der Waals surface area contributed by atoms with Crippen LogP contribution in [-0.2, 0) is 13.0 Å². The van der Waals surface area contributed by atoms with Gasteiger partial charge in [0, 0.05) is 23.6 Å². The second-order valence-electron chi connectivity index (χ2n) is 3.78. The molecular formula is C13H13BrN2O. The Kier molecular flexibility index (Phi) is 3.74. The highest BCUT2D eigenvalue weighted by Gasteiger charge is 2.10. The molecule has 0 aliphatic rings. The number of Topliss-reactive ketones (excluding diaryl/α,β-unsaturated/α-hetero) is 1. The minimum absolute atomic E-state index is 0.0941. The van der Waals surface area contributed by atoms with Crippen LogP contribution in [0, 0.1) is 0 Å². The van der Waals surface area contributed by atoms with E-state index in [0.717, 1.165) is 16.6 Å². The number of rotatable bonds is 4. The van der Waals surface area contributed by atoms with Crippen LogP contribution in [0.4, 0.5) is 0 Å². The number of aromatic nitrogens is 2. The molecule has 0 bridgehead atoms. The van der Waals surface area contributed by atoms with E-state index in [2.05, 4.69) is 21.0 Å². The van der Waals surface area contributed by atoms with Crippen molar-refractivity contribution in [2.75, 3.05) is 0 Å². The van der Waals surface area contributed by atoms with Gasteiger partial charge in [0.1, 0.15) is 0 Å². The third-order valence-electron chi connectivity index (χ3n) is 2.59. The van der Waals surface area contributed by atoms with Crippen LogP contribution >= 0.6 is 15.9 Å². The largest absolute Gasteiger partial charge is 0.294 e. The van der Waals surface area contributed by atoms with Gasteiger partial charge in [0.2, 0.25) is 0 Å². The molecule has 0 saturated carbocycles. The van der Waals surface area contributed by atoms with Gasteiger partial charge < -0.3 is 0 Å². The zero-order chi connectivity index (χ0) is 12.3. The summed E-state index contributed by atoms with van der Waals surface area (Å²) < 4.78 is 2.73. The molecule has 4 heteroatoms. The quantitative estimate of drug-likeness (QED) is 0.812. The summed E-state index contributed by atoms with van der Waals surface area (Å²) in [4.78, 5) is 12.0. The molecule has 2 rings (SSSR count). The molecule has 0 unspecified atom stereocenters. The predicted octanol–water partition coefficient (Wildman–Crippen LogP) is 3.09. The minimum atomic E-state index is 0.0941. The van der Waals surface area contributed by atoms with Crippen molar-refractivity contribution in [1.82, 2.24) is 9.78 Å². The van der Waals surface area contributed by atoms with Gasteiger partial charge in [0.05, 0.1) is 11.8 Å². The number of hydrogen-bond acceptors (Lipinski definition) is 2. The summed E-state index contributed by atoms with van der Waals surface area (Å²) in [6.07, 6.45) is 3.82. The predicted molar refractivity (Wildman–Crippen MR) is 70.1 cm³/mol. The molecular weight excluding hydrogens is 280 g/mol. The van der Waals surface area contributed by atoms with Crippen molar-refractivity contribution < 1.29 is 4.79 Å². The van der Waals surface area contributed by atoms with E-state index in [9.17, 15) is 4.79 Å². The molecule has 3 nitrogen and oxygen atoms in total. The number of carbonyl (C=O) groups excluding carboxylic acids is 1. The first-order chi connectivity index (χ1) is 8.20. The van der Waals surface area contributed by atoms with E-state index in [1.807, 2.05) is 31.2 Å². The van der Waals surface area contributed by atoms with E-state index < -0.39 is 0 Å². The average molecular weight is 293 g/mol. The molecule has 0 N–H and O–H groups in total. The smallest absolute Gasteiger partial charge is 0.170 e. The van der Waals surface area contributed by atoms with Crippen molar-refractivity contribution >= 4 is 21.7 Å². The van der Waals surface area contributed by atoms with E-state index in [-0.39, 0.29) is 5.78 Å². The molecule has 88 valence electrons. The number of nitrogens with zero attached hydrogens (tertiary/aromatic N) is 2. The fraction of sp³-hybridized carbons (Fsp3) is 0.231. The molecule has 0 spiro atoms. The molecule has 2 aromatic rings. The van der Waals surface area contributed by atoms with E-state index in [4.69, 9.17) is 0 Å². The van der Waals surface area contributed by atoms with Crippen LogP contribution in [0.2, 0.25) is 0 Å². The topological polar surface area (TPSA) is 34.9 Å². The van der Waals surface area contributed by atoms with Gasteiger partial charge in [-0.1, -0.05) is 34.1 Å². The summed E-state index contributed by atoms with van der Waals surface area (Å²) in [5.41, 5.74) is 1.67. The zero-order valence-corrected chi connectivity index (χ0v) is 11.1. The molecule has 0 fully saturated rings. The van der Waals surface area contributed by atoms with E-state index in [1.54, 1.807) is 17.1 Å². The van der Waals surface area contributed by atoms with Crippen molar-refractivity contribution in [2.45, 2.75) is 19.9 Å². The Labute approximate surface area is 109 Å². The van der Waals surface area contributed by atoms with Crippen molar-refractivity contribution in [3.8, 4) is 0 Å². The first-order valence-electron chi connectivity index (χ1n) is 5.49. The van der Waals surface area contributed by atoms with Crippen LogP contribution < -0.4 is 0 Å². The van der Waals surface area contributed by atoms with Gasteiger partial charge in [0.15, 0.2) is 5.78 Å². The number of halogens is 1. The lowest BCUT2D eigenvalue weighted by Crippen LogP contribution is -2.03. The lowest BCUT2D eigenvalue weighted by atomic mass is 10.1. The van der Waals surface area contributed by atoms with Gasteiger partial charge >= 0.3 is 0 Å². The van der Waals surface area contributed by atoms with Gasteiger partial charge in [0.25, 0.3) is 0 Å². The van der Waals surface area contributed by atoms with Crippen LogP contribution in [0.25, 0.3) is 0 Å². The van der Waals surface area contributed by atoms with Gasteiger partial charge in [-0.25, -0.2) is 0 Å². The molecule has 1 heterocycles. The lowest BCUT2D eigenvalue weighted by molar-refractivity contribution is 0.0992. The standard InChI is InChI=1S/C13H13BrN2O/c1-2-16-9-11(8-15-16)13(17)7-10-5-3-4-6-12(10)14/h3-6,8-9H,2,7H2,1H3. The summed E-state index contributed by atoms with van der Waals surface area (Å²) in [5, 5.41) is 4.10. The maximum absolute atomic E-state index is 12.0. The summed E-state index contributed by atoms with van der Waals surface area (Å²) >= 11 is 3.44. The van der Waals surface area contributed by atoms with Gasteiger partial charge in [-0.15, -0.1) is 0 Å². The normalized spacial score (nSPS) is 10.5. The van der Waals surface area contributed by atoms with Crippen LogP contribution in [0.15, 0.2) is 41.1 Å². The molecule has 0 atom stereocenters. The van der Waals surface area contributed by atoms with Crippen LogP contribution in [0.5, 0.6) is 0 Å². The van der Waals surface area contributed by atoms with Crippen molar-refractivity contribution in [1.29, 1.82) is 0 Å². The molecule has 0 saturated heterocycles. The summed E-state index contributed by atoms with van der Waals surface area (Å²) in [7, 11) is 0. The molecule has 0 aliphatic carbocycles. The zero-order valence-electron chi connectivity index (χ0n) is 9.56. The van der Waals surface area contributed by atoms with Gasteiger partial charge in [-0.2, -0.15) is 5.10 Å². The van der Waals surface area contributed by atoms with E-state index >= 15 is 0 Å². The molecule has 0 aliphatic heterocycles. The fourth-order valence-electron chi connectivity index (χ4n) is 1.60. The van der Waals surface area contributed by atoms with Gasteiger partial charge in [-0.3, -0.25) is 9.48 Å². The van der Waals surface area contributed by atoms with E-state index in [1.165, 1.54) is 0 Å². The molecule has 17 heavy (non-hydrogen) atoms. The summed E-state index contributed by atoms with van der Waals surface area (Å²) in [6, 6.07) is 7.76. The van der Waals surface area contributed by atoms with E-state index in [0.29, 0.717) is 12.0 Å². The van der Waals surface area contributed by atoms with Crippen molar-refractivity contribution in [3.63, 3.8) is 0 Å². The Morgan fingerprint density at radius 1 is 1.41 bits per heavy atom. The van der Waals surface area contributed by atoms with Crippen LogP contribution in [-0.4, -0.2) is 15.6 Å². The minimum Gasteiger partial charge on any atom is -0.294 e. The first kappa shape index (κ1) is 12.0. The number of aryl methyl sites for hydroxylation is 1. The Morgan fingerprint density at radius 3 is 2.82 bits per heavy atom. The highest BCUT2D eigenvalue weighted by molar-refractivity contribution is 9.10. The number of ketones is 1.